The number of hydrogen-bond acceptors (Lipinski definition) is 2. The number of hydrogen-bond donors (Lipinski definition) is 0. The van der Waals surface area contributed by atoms with Crippen molar-refractivity contribution in [2.24, 2.45) is 0 Å². The molecule has 2 aromatic carbocycles. The molecule has 1 amide bonds. The van der Waals surface area contributed by atoms with Crippen LogP contribution in [-0.4, -0.2) is 17.9 Å². The Morgan fingerprint density at radius 2 is 1.51 bits per heavy atom. The number of anilines is 1. The van der Waals surface area contributed by atoms with Crippen molar-refractivity contribution in [1.29, 1.82) is 0 Å². The van der Waals surface area contributed by atoms with Gasteiger partial charge in [-0.2, -0.15) is 26.3 Å². The standard InChI is InChI=1S/C24H17ClF6N2O.ClH/c1-33(20-13-32-9-6-18(20)17-4-2-3-5-19(17)25)21(34)22(7-8-22)14-10-15(23(26,27)28)12-16(11-14)24(29,30)31;/h2-6,9-13H,7-8H2,1H3;1H. The lowest BCUT2D eigenvalue weighted by Gasteiger charge is -2.27. The summed E-state index contributed by atoms with van der Waals surface area (Å²) in [6.45, 7) is 0. The van der Waals surface area contributed by atoms with Gasteiger partial charge in [-0.05, 0) is 48.7 Å². The van der Waals surface area contributed by atoms with Crippen LogP contribution in [0.5, 0.6) is 0 Å². The van der Waals surface area contributed by atoms with Crippen molar-refractivity contribution in [3.8, 4) is 11.1 Å². The Labute approximate surface area is 208 Å². The summed E-state index contributed by atoms with van der Waals surface area (Å²) in [6, 6.07) is 9.82. The number of nitrogens with zero attached hydrogens (tertiary/aromatic N) is 2. The van der Waals surface area contributed by atoms with E-state index in [2.05, 4.69) is 4.98 Å². The summed E-state index contributed by atoms with van der Waals surface area (Å²) in [7, 11) is 1.41. The van der Waals surface area contributed by atoms with Crippen LogP contribution in [0.3, 0.4) is 0 Å². The van der Waals surface area contributed by atoms with Crippen LogP contribution in [0.25, 0.3) is 11.1 Å². The molecule has 0 aliphatic heterocycles. The molecule has 0 N–H and O–H groups in total. The topological polar surface area (TPSA) is 33.2 Å². The summed E-state index contributed by atoms with van der Waals surface area (Å²) < 4.78 is 80.2. The van der Waals surface area contributed by atoms with Crippen molar-refractivity contribution in [1.82, 2.24) is 4.98 Å². The molecule has 186 valence electrons. The number of rotatable bonds is 4. The predicted molar refractivity (Wildman–Crippen MR) is 123 cm³/mol. The molecule has 3 aromatic rings. The van der Waals surface area contributed by atoms with Crippen molar-refractivity contribution in [3.05, 3.63) is 82.6 Å². The highest BCUT2D eigenvalue weighted by Gasteiger charge is 2.54. The van der Waals surface area contributed by atoms with Crippen LogP contribution < -0.4 is 4.90 Å². The van der Waals surface area contributed by atoms with Crippen molar-refractivity contribution in [2.75, 3.05) is 11.9 Å². The highest BCUT2D eigenvalue weighted by atomic mass is 35.5. The zero-order valence-corrected chi connectivity index (χ0v) is 19.6. The van der Waals surface area contributed by atoms with Gasteiger partial charge in [0.15, 0.2) is 0 Å². The average Bonchev–Trinajstić information content (AvgIpc) is 3.59. The molecule has 1 aliphatic rings. The van der Waals surface area contributed by atoms with E-state index in [-0.39, 0.29) is 36.9 Å². The lowest BCUT2D eigenvalue weighted by Crippen LogP contribution is -2.37. The number of likely N-dealkylation sites (N-methyl/N-ethyl adjacent to an activating group) is 1. The Kier molecular flexibility index (Phi) is 7.16. The summed E-state index contributed by atoms with van der Waals surface area (Å²) >= 11 is 6.30. The molecule has 11 heteroatoms. The predicted octanol–water partition coefficient (Wildman–Crippen LogP) is 7.56. The van der Waals surface area contributed by atoms with Crippen LogP contribution >= 0.6 is 24.0 Å². The lowest BCUT2D eigenvalue weighted by atomic mass is 9.90. The quantitative estimate of drug-likeness (QED) is 0.323. The van der Waals surface area contributed by atoms with E-state index in [1.807, 2.05) is 0 Å². The van der Waals surface area contributed by atoms with Crippen molar-refractivity contribution in [2.45, 2.75) is 30.6 Å². The van der Waals surface area contributed by atoms with Crippen LogP contribution in [0, 0.1) is 0 Å². The molecule has 1 aromatic heterocycles. The molecule has 3 nitrogen and oxygen atoms in total. The Bertz CT molecular complexity index is 1220. The Balaban J connectivity index is 0.00000342. The molecule has 0 spiro atoms. The van der Waals surface area contributed by atoms with Gasteiger partial charge in [-0.3, -0.25) is 9.78 Å². The fraction of sp³-hybridized carbons (Fsp3) is 0.250. The van der Waals surface area contributed by atoms with Gasteiger partial charge in [0.2, 0.25) is 5.91 Å². The molecule has 0 bridgehead atoms. The molecule has 0 saturated heterocycles. The van der Waals surface area contributed by atoms with Gasteiger partial charge in [0, 0.05) is 29.4 Å². The van der Waals surface area contributed by atoms with E-state index in [9.17, 15) is 31.1 Å². The fourth-order valence-corrected chi connectivity index (χ4v) is 4.21. The summed E-state index contributed by atoms with van der Waals surface area (Å²) in [4.78, 5) is 18.8. The minimum atomic E-state index is -5.00. The van der Waals surface area contributed by atoms with Crippen LogP contribution in [-0.2, 0) is 22.6 Å². The Morgan fingerprint density at radius 3 is 2.03 bits per heavy atom. The SMILES string of the molecule is CN(C(=O)C1(c2cc(C(F)(F)F)cc(C(F)(F)F)c2)CC1)c1cnccc1-c1ccccc1Cl.Cl. The smallest absolute Gasteiger partial charge is 0.313 e. The number of halogens is 8. The maximum absolute atomic E-state index is 13.5. The largest absolute Gasteiger partial charge is 0.416 e. The van der Waals surface area contributed by atoms with Gasteiger partial charge in [0.05, 0.1) is 28.4 Å². The molecular weight excluding hydrogens is 517 g/mol. The minimum absolute atomic E-state index is 0. The molecule has 1 saturated carbocycles. The molecular formula is C24H18Cl2F6N2O. The summed E-state index contributed by atoms with van der Waals surface area (Å²) in [5, 5.41) is 0.407. The number of alkyl halides is 6. The highest BCUT2D eigenvalue weighted by molar-refractivity contribution is 6.33. The molecule has 1 heterocycles. The van der Waals surface area contributed by atoms with Crippen LogP contribution in [0.1, 0.15) is 29.5 Å². The van der Waals surface area contributed by atoms with Gasteiger partial charge in [-0.1, -0.05) is 29.8 Å². The third-order valence-corrected chi connectivity index (χ3v) is 6.26. The summed E-state index contributed by atoms with van der Waals surface area (Å²) in [5.74, 6) is -0.624. The number of pyridine rings is 1. The number of amides is 1. The van der Waals surface area contributed by atoms with E-state index in [0.717, 1.165) is 0 Å². The first-order valence-electron chi connectivity index (χ1n) is 10.1. The van der Waals surface area contributed by atoms with E-state index >= 15 is 0 Å². The number of carbonyl (C=O) groups is 1. The Hall–Kier alpha value is -2.78. The van der Waals surface area contributed by atoms with Gasteiger partial charge in [0.25, 0.3) is 0 Å². The number of benzene rings is 2. The van der Waals surface area contributed by atoms with E-state index in [1.54, 1.807) is 30.3 Å². The van der Waals surface area contributed by atoms with Gasteiger partial charge in [-0.15, -0.1) is 12.4 Å². The summed E-state index contributed by atoms with van der Waals surface area (Å²) in [6.07, 6.45) is -6.86. The first kappa shape index (κ1) is 26.8. The summed E-state index contributed by atoms with van der Waals surface area (Å²) in [5.41, 5.74) is -3.22. The van der Waals surface area contributed by atoms with E-state index in [1.165, 1.54) is 24.3 Å². The lowest BCUT2D eigenvalue weighted by molar-refractivity contribution is -0.143. The van der Waals surface area contributed by atoms with Gasteiger partial charge in [-0.25, -0.2) is 0 Å². The third kappa shape index (κ3) is 5.11. The zero-order chi connectivity index (χ0) is 24.9. The van der Waals surface area contributed by atoms with Crippen molar-refractivity contribution in [3.63, 3.8) is 0 Å². The molecule has 0 atom stereocenters. The van der Waals surface area contributed by atoms with Gasteiger partial charge >= 0.3 is 12.4 Å². The number of aromatic nitrogens is 1. The molecule has 1 aliphatic carbocycles. The van der Waals surface area contributed by atoms with Crippen LogP contribution in [0.2, 0.25) is 5.02 Å². The molecule has 0 radical (unpaired) electrons. The maximum atomic E-state index is 13.5. The van der Waals surface area contributed by atoms with Gasteiger partial charge < -0.3 is 4.90 Å². The molecule has 4 rings (SSSR count). The Morgan fingerprint density at radius 1 is 0.943 bits per heavy atom. The second kappa shape index (κ2) is 9.35. The normalized spacial score (nSPS) is 14.7. The minimum Gasteiger partial charge on any atom is -0.313 e. The monoisotopic (exact) mass is 534 g/mol. The van der Waals surface area contributed by atoms with E-state index in [0.29, 0.717) is 34.0 Å². The highest BCUT2D eigenvalue weighted by Crippen LogP contribution is 2.52. The second-order valence-electron chi connectivity index (χ2n) is 8.11. The second-order valence-corrected chi connectivity index (χ2v) is 8.52. The maximum Gasteiger partial charge on any atom is 0.416 e. The average molecular weight is 535 g/mol. The number of carbonyl (C=O) groups excluding carboxylic acids is 1. The van der Waals surface area contributed by atoms with Crippen molar-refractivity contribution < 1.29 is 31.1 Å². The van der Waals surface area contributed by atoms with Crippen LogP contribution in [0.15, 0.2) is 60.9 Å². The zero-order valence-electron chi connectivity index (χ0n) is 18.0. The van der Waals surface area contributed by atoms with Crippen molar-refractivity contribution >= 4 is 35.6 Å². The molecule has 0 unspecified atom stereocenters. The molecule has 1 fully saturated rings. The fourth-order valence-electron chi connectivity index (χ4n) is 3.97. The van der Waals surface area contributed by atoms with E-state index in [4.69, 9.17) is 11.6 Å². The first-order valence-corrected chi connectivity index (χ1v) is 10.5. The molecule has 35 heavy (non-hydrogen) atoms. The van der Waals surface area contributed by atoms with Crippen LogP contribution in [0.4, 0.5) is 32.0 Å². The third-order valence-electron chi connectivity index (χ3n) is 5.93. The van der Waals surface area contributed by atoms with E-state index < -0.39 is 34.8 Å². The van der Waals surface area contributed by atoms with Gasteiger partial charge in [0.1, 0.15) is 0 Å². The first-order chi connectivity index (χ1) is 15.8.